The highest BCUT2D eigenvalue weighted by atomic mass is 16.2. The molecule has 1 saturated heterocycles. The molecule has 2 rings (SSSR count). The molecule has 0 aliphatic carbocycles. The maximum Gasteiger partial charge on any atom is 0.236 e. The van der Waals surface area contributed by atoms with Crippen LogP contribution in [0.25, 0.3) is 5.57 Å². The van der Waals surface area contributed by atoms with Crippen molar-refractivity contribution < 1.29 is 4.79 Å². The molecule has 28 heavy (non-hydrogen) atoms. The minimum Gasteiger partial charge on any atom is -0.340 e. The predicted octanol–water partition coefficient (Wildman–Crippen LogP) is 2.06. The number of carbonyl (C=O) groups excluding carboxylic acids is 1. The van der Waals surface area contributed by atoms with Crippen LogP contribution in [0.2, 0.25) is 0 Å². The molecule has 154 valence electrons. The Morgan fingerprint density at radius 2 is 2.04 bits per heavy atom. The van der Waals surface area contributed by atoms with Crippen LogP contribution in [0.5, 0.6) is 0 Å². The van der Waals surface area contributed by atoms with Crippen LogP contribution in [0.1, 0.15) is 31.9 Å². The van der Waals surface area contributed by atoms with E-state index in [1.165, 1.54) is 0 Å². The molecule has 1 heterocycles. The molecule has 2 N–H and O–H groups in total. The van der Waals surface area contributed by atoms with Gasteiger partial charge in [-0.2, -0.15) is 0 Å². The molecule has 1 aromatic carbocycles. The van der Waals surface area contributed by atoms with Crippen molar-refractivity contribution in [2.75, 3.05) is 46.3 Å². The van der Waals surface area contributed by atoms with Crippen LogP contribution in [0.3, 0.4) is 0 Å². The van der Waals surface area contributed by atoms with Gasteiger partial charge < -0.3 is 15.5 Å². The number of nitrogens with zero attached hydrogens (tertiary/aromatic N) is 4. The molecule has 0 spiro atoms. The second-order valence-electron chi connectivity index (χ2n) is 7.28. The number of rotatable bonds is 8. The van der Waals surface area contributed by atoms with Crippen LogP contribution < -0.4 is 5.73 Å². The zero-order chi connectivity index (χ0) is 20.5. The Balaban J connectivity index is 2.02. The van der Waals surface area contributed by atoms with Gasteiger partial charge in [0.15, 0.2) is 0 Å². The highest BCUT2D eigenvalue weighted by molar-refractivity contribution is 6.09. The maximum atomic E-state index is 11.7. The summed E-state index contributed by atoms with van der Waals surface area (Å²) in [4.78, 5) is 23.1. The van der Waals surface area contributed by atoms with E-state index in [1.807, 2.05) is 25.3 Å². The normalized spacial score (nSPS) is 17.8. The van der Waals surface area contributed by atoms with Crippen LogP contribution in [0, 0.1) is 0 Å². The molecular weight excluding hydrogens is 350 g/mol. The van der Waals surface area contributed by atoms with E-state index >= 15 is 0 Å². The van der Waals surface area contributed by atoms with Gasteiger partial charge in [-0.1, -0.05) is 31.2 Å². The van der Waals surface area contributed by atoms with E-state index in [-0.39, 0.29) is 18.6 Å². The Morgan fingerprint density at radius 1 is 1.32 bits per heavy atom. The smallest absolute Gasteiger partial charge is 0.236 e. The third-order valence-electron chi connectivity index (χ3n) is 5.40. The fraction of sp³-hybridized carbons (Fsp3) is 0.545. The molecule has 1 aliphatic heterocycles. The van der Waals surface area contributed by atoms with Crippen molar-refractivity contribution in [2.45, 2.75) is 33.5 Å². The van der Waals surface area contributed by atoms with Crippen LogP contribution in [-0.4, -0.2) is 79.3 Å². The van der Waals surface area contributed by atoms with Gasteiger partial charge in [0.2, 0.25) is 5.91 Å². The third-order valence-corrected chi connectivity index (χ3v) is 5.40. The first-order valence-corrected chi connectivity index (χ1v) is 10.2. The van der Waals surface area contributed by atoms with Crippen molar-refractivity contribution in [2.24, 2.45) is 10.7 Å². The Labute approximate surface area is 169 Å². The zero-order valence-corrected chi connectivity index (χ0v) is 17.8. The molecule has 1 aromatic rings. The lowest BCUT2D eigenvalue weighted by Crippen LogP contribution is -2.48. The Bertz CT molecular complexity index is 692. The van der Waals surface area contributed by atoms with Crippen molar-refractivity contribution in [3.8, 4) is 0 Å². The lowest BCUT2D eigenvalue weighted by molar-refractivity contribution is -0.128. The van der Waals surface area contributed by atoms with Gasteiger partial charge in [0.1, 0.15) is 0 Å². The summed E-state index contributed by atoms with van der Waals surface area (Å²) >= 11 is 0. The lowest BCUT2D eigenvalue weighted by atomic mass is 10.0. The number of piperazine rings is 1. The molecule has 1 atom stereocenters. The fourth-order valence-corrected chi connectivity index (χ4v) is 3.42. The molecule has 0 bridgehead atoms. The van der Waals surface area contributed by atoms with Gasteiger partial charge in [0, 0.05) is 46.0 Å². The lowest BCUT2D eigenvalue weighted by Gasteiger charge is -2.36. The van der Waals surface area contributed by atoms with Crippen molar-refractivity contribution in [3.63, 3.8) is 0 Å². The molecule has 1 fully saturated rings. The van der Waals surface area contributed by atoms with Crippen LogP contribution in [0.15, 0.2) is 35.3 Å². The number of nitrogens with two attached hydrogens (primary N) is 1. The average Bonchev–Trinajstić information content (AvgIpc) is 2.73. The maximum absolute atomic E-state index is 11.7. The van der Waals surface area contributed by atoms with E-state index in [0.29, 0.717) is 6.54 Å². The van der Waals surface area contributed by atoms with Crippen LogP contribution >= 0.6 is 0 Å². The summed E-state index contributed by atoms with van der Waals surface area (Å²) < 4.78 is 0. The Kier molecular flexibility index (Phi) is 8.83. The van der Waals surface area contributed by atoms with Gasteiger partial charge in [-0.3, -0.25) is 14.7 Å². The van der Waals surface area contributed by atoms with Gasteiger partial charge in [0.25, 0.3) is 0 Å². The molecular formula is C22H35N5O. The highest BCUT2D eigenvalue weighted by Gasteiger charge is 2.19. The van der Waals surface area contributed by atoms with Gasteiger partial charge >= 0.3 is 0 Å². The van der Waals surface area contributed by atoms with Gasteiger partial charge in [-0.05, 0) is 43.2 Å². The number of benzene rings is 1. The third kappa shape index (κ3) is 6.26. The number of allylic oxidation sites excluding steroid dienone is 2. The molecule has 1 amide bonds. The zero-order valence-electron chi connectivity index (χ0n) is 17.8. The molecule has 6 heteroatoms. The van der Waals surface area contributed by atoms with E-state index < -0.39 is 0 Å². The number of hydrogen-bond donors (Lipinski definition) is 1. The monoisotopic (exact) mass is 385 g/mol. The number of hydrogen-bond acceptors (Lipinski definition) is 5. The van der Waals surface area contributed by atoms with Crippen molar-refractivity contribution >= 4 is 17.7 Å². The Hall–Kier alpha value is -2.02. The van der Waals surface area contributed by atoms with E-state index in [9.17, 15) is 4.79 Å². The van der Waals surface area contributed by atoms with Crippen molar-refractivity contribution in [1.29, 1.82) is 0 Å². The van der Waals surface area contributed by atoms with E-state index in [4.69, 9.17) is 10.7 Å². The highest BCUT2D eigenvalue weighted by Crippen LogP contribution is 2.16. The number of aliphatic imine (C=N–C) groups is 1. The van der Waals surface area contributed by atoms with E-state index in [2.05, 4.69) is 41.9 Å². The fourth-order valence-electron chi connectivity index (χ4n) is 3.42. The second kappa shape index (κ2) is 11.1. The number of amides is 1. The summed E-state index contributed by atoms with van der Waals surface area (Å²) in [5, 5.41) is 0. The molecule has 0 radical (unpaired) electrons. The summed E-state index contributed by atoms with van der Waals surface area (Å²) in [6.45, 7) is 12.5. The second-order valence-corrected chi connectivity index (χ2v) is 7.28. The summed E-state index contributed by atoms with van der Waals surface area (Å²) in [6.07, 6.45) is 4.23. The van der Waals surface area contributed by atoms with E-state index in [1.54, 1.807) is 11.9 Å². The van der Waals surface area contributed by atoms with Gasteiger partial charge in [-0.25, -0.2) is 0 Å². The average molecular weight is 386 g/mol. The number of carbonyl (C=O) groups is 1. The summed E-state index contributed by atoms with van der Waals surface area (Å²) in [5.41, 5.74) is 8.73. The first-order chi connectivity index (χ1) is 13.5. The number of likely N-dealkylation sites (N-methyl/N-ethyl adjacent to an activating group) is 2. The van der Waals surface area contributed by atoms with Crippen LogP contribution in [0.4, 0.5) is 0 Å². The standard InChI is InChI=1S/C22H35N5O/c1-5-20(16-24-18(3)27-12-10-26(6-2)11-13-27)21-9-7-8-19(14-21)17-25(4)22(28)15-23/h5,7-9,14,16,18H,6,10-13,15,17,23H2,1-4H3/b20-5+,24-16?. The molecule has 0 aromatic heterocycles. The van der Waals surface area contributed by atoms with Gasteiger partial charge in [-0.15, -0.1) is 0 Å². The summed E-state index contributed by atoms with van der Waals surface area (Å²) in [7, 11) is 1.78. The van der Waals surface area contributed by atoms with Gasteiger partial charge in [0.05, 0.1) is 12.7 Å². The molecule has 1 aliphatic rings. The molecule has 0 saturated carbocycles. The van der Waals surface area contributed by atoms with Crippen molar-refractivity contribution in [1.82, 2.24) is 14.7 Å². The first kappa shape index (κ1) is 22.3. The Morgan fingerprint density at radius 3 is 2.64 bits per heavy atom. The minimum absolute atomic E-state index is 0.0351. The van der Waals surface area contributed by atoms with E-state index in [0.717, 1.165) is 49.4 Å². The summed E-state index contributed by atoms with van der Waals surface area (Å²) in [5.74, 6) is -0.0600. The largest absolute Gasteiger partial charge is 0.340 e. The SMILES string of the molecule is C/C=C(\C=NC(C)N1CCN(CC)CC1)c1cccc(CN(C)C(=O)CN)c1. The molecule has 6 nitrogen and oxygen atoms in total. The topological polar surface area (TPSA) is 65.2 Å². The quantitative estimate of drug-likeness (QED) is 0.696. The first-order valence-electron chi connectivity index (χ1n) is 10.2. The predicted molar refractivity (Wildman–Crippen MR) is 117 cm³/mol. The van der Waals surface area contributed by atoms with Crippen LogP contribution in [-0.2, 0) is 11.3 Å². The van der Waals surface area contributed by atoms with Crippen molar-refractivity contribution in [3.05, 3.63) is 41.5 Å². The minimum atomic E-state index is -0.0600. The summed E-state index contributed by atoms with van der Waals surface area (Å²) in [6, 6.07) is 8.26. The molecule has 1 unspecified atom stereocenters.